The molecule has 8 heteroatoms. The number of piperidine rings is 1. The van der Waals surface area contributed by atoms with Crippen molar-refractivity contribution >= 4 is 29.1 Å². The van der Waals surface area contributed by atoms with Crippen molar-refractivity contribution in [3.8, 4) is 0 Å². The van der Waals surface area contributed by atoms with Gasteiger partial charge in [0.25, 0.3) is 5.91 Å². The number of nitrogen functional groups attached to an aromatic ring is 1. The molecule has 7 nitrogen and oxygen atoms in total. The second kappa shape index (κ2) is 6.82. The largest absolute Gasteiger partial charge is 0.382 e. The lowest BCUT2D eigenvalue weighted by Gasteiger charge is -2.32. The zero-order valence-electron chi connectivity index (χ0n) is 11.8. The molecule has 1 aliphatic heterocycles. The zero-order chi connectivity index (χ0) is 15.4. The molecule has 0 radical (unpaired) electrons. The maximum absolute atomic E-state index is 12.2. The Morgan fingerprint density at radius 1 is 1.52 bits per heavy atom. The molecular formula is C13H18ClN5O2. The topological polar surface area (TPSA) is 101 Å². The van der Waals surface area contributed by atoms with E-state index in [-0.39, 0.29) is 34.3 Å². The number of nitrogens with two attached hydrogens (primary N) is 1. The van der Waals surface area contributed by atoms with Gasteiger partial charge in [-0.3, -0.25) is 14.5 Å². The first-order valence-corrected chi connectivity index (χ1v) is 7.13. The SMILES string of the molecule is CC(=O)CN1CCCC(NC(=O)c2ncnc(N)c2Cl)C1. The van der Waals surface area contributed by atoms with Crippen LogP contribution in [0.4, 0.5) is 5.82 Å². The minimum atomic E-state index is -0.372. The van der Waals surface area contributed by atoms with Gasteiger partial charge >= 0.3 is 0 Å². The van der Waals surface area contributed by atoms with Crippen LogP contribution in [0.1, 0.15) is 30.3 Å². The van der Waals surface area contributed by atoms with Crippen molar-refractivity contribution in [3.05, 3.63) is 17.0 Å². The van der Waals surface area contributed by atoms with E-state index in [1.165, 1.54) is 6.33 Å². The quantitative estimate of drug-likeness (QED) is 0.839. The van der Waals surface area contributed by atoms with E-state index in [9.17, 15) is 9.59 Å². The number of anilines is 1. The van der Waals surface area contributed by atoms with E-state index >= 15 is 0 Å². The molecule has 1 aliphatic rings. The Hall–Kier alpha value is -1.73. The van der Waals surface area contributed by atoms with Gasteiger partial charge in [-0.05, 0) is 26.3 Å². The van der Waals surface area contributed by atoms with Crippen LogP contribution in [0.3, 0.4) is 0 Å². The van der Waals surface area contributed by atoms with Crippen LogP contribution in [0.2, 0.25) is 5.02 Å². The zero-order valence-corrected chi connectivity index (χ0v) is 12.6. The number of ketones is 1. The van der Waals surface area contributed by atoms with E-state index in [0.29, 0.717) is 13.1 Å². The summed E-state index contributed by atoms with van der Waals surface area (Å²) in [7, 11) is 0. The molecule has 0 aliphatic carbocycles. The first-order chi connectivity index (χ1) is 9.97. The van der Waals surface area contributed by atoms with Crippen molar-refractivity contribution in [1.29, 1.82) is 0 Å². The van der Waals surface area contributed by atoms with Crippen LogP contribution in [0.15, 0.2) is 6.33 Å². The number of nitrogens with one attached hydrogen (secondary N) is 1. The minimum absolute atomic E-state index is 0.0298. The Kier molecular flexibility index (Phi) is 5.08. The molecule has 0 bridgehead atoms. The van der Waals surface area contributed by atoms with E-state index in [2.05, 4.69) is 15.3 Å². The molecule has 114 valence electrons. The Balaban J connectivity index is 1.99. The highest BCUT2D eigenvalue weighted by molar-refractivity contribution is 6.35. The Labute approximate surface area is 127 Å². The molecule has 0 spiro atoms. The number of Topliss-reactive ketones (excluding diaryl/α,β-unsaturated/α-hetero) is 1. The summed E-state index contributed by atoms with van der Waals surface area (Å²) in [6, 6.07) is -0.0298. The predicted molar refractivity (Wildman–Crippen MR) is 79.1 cm³/mol. The monoisotopic (exact) mass is 311 g/mol. The normalized spacial score (nSPS) is 19.2. The Bertz CT molecular complexity index is 551. The summed E-state index contributed by atoms with van der Waals surface area (Å²) in [5.41, 5.74) is 5.64. The fourth-order valence-electron chi connectivity index (χ4n) is 2.43. The van der Waals surface area contributed by atoms with E-state index in [0.717, 1.165) is 19.4 Å². The number of carbonyl (C=O) groups excluding carboxylic acids is 2. The van der Waals surface area contributed by atoms with E-state index in [4.69, 9.17) is 17.3 Å². The summed E-state index contributed by atoms with van der Waals surface area (Å²) in [5.74, 6) is -0.170. The van der Waals surface area contributed by atoms with Crippen LogP contribution in [-0.2, 0) is 4.79 Å². The van der Waals surface area contributed by atoms with Gasteiger partial charge in [-0.15, -0.1) is 0 Å². The molecule has 1 aromatic heterocycles. The van der Waals surface area contributed by atoms with Crippen molar-refractivity contribution in [2.45, 2.75) is 25.8 Å². The van der Waals surface area contributed by atoms with Crippen LogP contribution in [-0.4, -0.2) is 52.2 Å². The third-order valence-corrected chi connectivity index (χ3v) is 3.69. The molecule has 1 unspecified atom stereocenters. The molecular weight excluding hydrogens is 294 g/mol. The average Bonchev–Trinajstić information content (AvgIpc) is 2.41. The lowest BCUT2D eigenvalue weighted by atomic mass is 10.1. The summed E-state index contributed by atoms with van der Waals surface area (Å²) in [6.07, 6.45) is 3.00. The lowest BCUT2D eigenvalue weighted by Crippen LogP contribution is -2.48. The van der Waals surface area contributed by atoms with Gasteiger partial charge in [0.05, 0.1) is 6.54 Å². The van der Waals surface area contributed by atoms with Crippen LogP contribution < -0.4 is 11.1 Å². The van der Waals surface area contributed by atoms with Crippen LogP contribution in [0, 0.1) is 0 Å². The third kappa shape index (κ3) is 4.12. The predicted octanol–water partition coefficient (Wildman–Crippen LogP) is 0.495. The van der Waals surface area contributed by atoms with Gasteiger partial charge in [0.2, 0.25) is 0 Å². The standard InChI is InChI=1S/C13H18ClN5O2/c1-8(20)5-19-4-2-3-9(6-19)18-13(21)11-10(14)12(15)17-7-16-11/h7,9H,2-6H2,1H3,(H,18,21)(H2,15,16,17). The van der Waals surface area contributed by atoms with Gasteiger partial charge in [0.1, 0.15) is 23.0 Å². The van der Waals surface area contributed by atoms with Crippen molar-refractivity contribution in [1.82, 2.24) is 20.2 Å². The summed E-state index contributed by atoms with van der Waals surface area (Å²) in [6.45, 7) is 3.48. The highest BCUT2D eigenvalue weighted by Crippen LogP contribution is 2.19. The molecule has 1 fully saturated rings. The van der Waals surface area contributed by atoms with Crippen LogP contribution in [0.25, 0.3) is 0 Å². The fraction of sp³-hybridized carbons (Fsp3) is 0.538. The molecule has 1 atom stereocenters. The van der Waals surface area contributed by atoms with E-state index in [1.54, 1.807) is 6.92 Å². The molecule has 0 saturated carbocycles. The maximum Gasteiger partial charge on any atom is 0.271 e. The van der Waals surface area contributed by atoms with Crippen LogP contribution in [0.5, 0.6) is 0 Å². The molecule has 1 aromatic rings. The fourth-order valence-corrected chi connectivity index (χ4v) is 2.61. The molecule has 2 rings (SSSR count). The second-order valence-corrected chi connectivity index (χ2v) is 5.55. The third-order valence-electron chi connectivity index (χ3n) is 3.32. The molecule has 1 amide bonds. The number of hydrogen-bond acceptors (Lipinski definition) is 6. The van der Waals surface area contributed by atoms with Gasteiger partial charge in [-0.1, -0.05) is 11.6 Å². The molecule has 1 saturated heterocycles. The summed E-state index contributed by atoms with van der Waals surface area (Å²) >= 11 is 5.94. The van der Waals surface area contributed by atoms with Crippen molar-refractivity contribution in [2.24, 2.45) is 0 Å². The number of amides is 1. The number of hydrogen-bond donors (Lipinski definition) is 2. The van der Waals surface area contributed by atoms with E-state index < -0.39 is 0 Å². The number of aromatic nitrogens is 2. The van der Waals surface area contributed by atoms with Crippen molar-refractivity contribution in [2.75, 3.05) is 25.4 Å². The number of rotatable bonds is 4. The molecule has 21 heavy (non-hydrogen) atoms. The van der Waals surface area contributed by atoms with E-state index in [1.807, 2.05) is 4.90 Å². The summed E-state index contributed by atoms with van der Waals surface area (Å²) in [4.78, 5) is 33.0. The Morgan fingerprint density at radius 3 is 3.00 bits per heavy atom. The van der Waals surface area contributed by atoms with Crippen LogP contribution >= 0.6 is 11.6 Å². The maximum atomic E-state index is 12.2. The minimum Gasteiger partial charge on any atom is -0.382 e. The highest BCUT2D eigenvalue weighted by atomic mass is 35.5. The van der Waals surface area contributed by atoms with Gasteiger partial charge in [-0.2, -0.15) is 0 Å². The first-order valence-electron chi connectivity index (χ1n) is 6.76. The average molecular weight is 312 g/mol. The van der Waals surface area contributed by atoms with Gasteiger partial charge in [-0.25, -0.2) is 9.97 Å². The van der Waals surface area contributed by atoms with Gasteiger partial charge in [0, 0.05) is 12.6 Å². The number of carbonyl (C=O) groups is 2. The number of nitrogens with zero attached hydrogens (tertiary/aromatic N) is 3. The van der Waals surface area contributed by atoms with Gasteiger partial charge < -0.3 is 11.1 Å². The Morgan fingerprint density at radius 2 is 2.29 bits per heavy atom. The lowest BCUT2D eigenvalue weighted by molar-refractivity contribution is -0.118. The molecule has 0 aromatic carbocycles. The van der Waals surface area contributed by atoms with Gasteiger partial charge in [0.15, 0.2) is 5.69 Å². The first kappa shape index (κ1) is 15.7. The summed E-state index contributed by atoms with van der Waals surface area (Å²) in [5, 5.41) is 2.95. The molecule has 3 N–H and O–H groups in total. The van der Waals surface area contributed by atoms with Crippen molar-refractivity contribution < 1.29 is 9.59 Å². The summed E-state index contributed by atoms with van der Waals surface area (Å²) < 4.78 is 0. The highest BCUT2D eigenvalue weighted by Gasteiger charge is 2.24. The smallest absolute Gasteiger partial charge is 0.271 e. The van der Waals surface area contributed by atoms with Crippen molar-refractivity contribution in [3.63, 3.8) is 0 Å². The second-order valence-electron chi connectivity index (χ2n) is 5.17. The molecule has 2 heterocycles. The number of likely N-dealkylation sites (tertiary alicyclic amines) is 1. The number of halogens is 1.